The number of hydrogen-bond acceptors (Lipinski definition) is 1. The van der Waals surface area contributed by atoms with E-state index in [9.17, 15) is 4.39 Å². The lowest BCUT2D eigenvalue weighted by molar-refractivity contribution is 0.437. The molecule has 0 aliphatic heterocycles. The first-order valence-corrected chi connectivity index (χ1v) is 4.10. The highest BCUT2D eigenvalue weighted by atomic mass is 79.9. The third-order valence-electron chi connectivity index (χ3n) is 1.44. The Morgan fingerprint density at radius 1 is 1.55 bits per heavy atom. The van der Waals surface area contributed by atoms with Crippen LogP contribution >= 0.6 is 15.9 Å². The molecule has 1 aromatic carbocycles. The lowest BCUT2D eigenvalue weighted by atomic mass is 10.1. The molecule has 1 atom stereocenters. The quantitative estimate of drug-likeness (QED) is 0.810. The van der Waals surface area contributed by atoms with Crippen molar-refractivity contribution in [3.05, 3.63) is 34.3 Å². The van der Waals surface area contributed by atoms with Crippen molar-refractivity contribution >= 4 is 15.9 Å². The Hall–Kier alpha value is -0.410. The van der Waals surface area contributed by atoms with Crippen LogP contribution in [0.2, 0.25) is 0 Å². The van der Waals surface area contributed by atoms with Gasteiger partial charge in [-0.3, -0.25) is 0 Å². The monoisotopic (exact) mass is 217 g/mol. The predicted octanol–water partition coefficient (Wildman–Crippen LogP) is 2.42. The van der Waals surface area contributed by atoms with Gasteiger partial charge in [-0.25, -0.2) is 4.39 Å². The van der Waals surface area contributed by atoms with Crippen molar-refractivity contribution in [1.29, 1.82) is 0 Å². The van der Waals surface area contributed by atoms with E-state index in [-0.39, 0.29) is 0 Å². The van der Waals surface area contributed by atoms with Crippen molar-refractivity contribution in [1.82, 2.24) is 0 Å². The Labute approximate surface area is 73.5 Å². The zero-order chi connectivity index (χ0) is 8.27. The minimum atomic E-state index is -0.517. The molecule has 0 saturated heterocycles. The van der Waals surface area contributed by atoms with Gasteiger partial charge in [0, 0.05) is 4.47 Å². The highest BCUT2D eigenvalue weighted by Crippen LogP contribution is 2.16. The molecule has 3 heteroatoms. The first-order valence-electron chi connectivity index (χ1n) is 3.31. The van der Waals surface area contributed by atoms with E-state index >= 15 is 0 Å². The molecule has 0 aromatic heterocycles. The highest BCUT2D eigenvalue weighted by Gasteiger charge is 2.03. The minimum absolute atomic E-state index is 0.493. The molecule has 1 rings (SSSR count). The van der Waals surface area contributed by atoms with Gasteiger partial charge in [-0.2, -0.15) is 0 Å². The zero-order valence-electron chi connectivity index (χ0n) is 5.93. The zero-order valence-corrected chi connectivity index (χ0v) is 7.51. The van der Waals surface area contributed by atoms with Crippen LogP contribution in [0.4, 0.5) is 4.39 Å². The maximum Gasteiger partial charge on any atom is 0.109 e. The SMILES string of the molecule is N[C@@H](CF)c1cccc(Br)c1. The van der Waals surface area contributed by atoms with Crippen LogP contribution < -0.4 is 5.73 Å². The van der Waals surface area contributed by atoms with Crippen LogP contribution in [0.3, 0.4) is 0 Å². The van der Waals surface area contributed by atoms with Gasteiger partial charge in [0.05, 0.1) is 6.04 Å². The van der Waals surface area contributed by atoms with Gasteiger partial charge in [0.2, 0.25) is 0 Å². The van der Waals surface area contributed by atoms with E-state index < -0.39 is 12.7 Å². The molecule has 11 heavy (non-hydrogen) atoms. The normalized spacial score (nSPS) is 13.0. The van der Waals surface area contributed by atoms with Crippen molar-refractivity contribution in [3.8, 4) is 0 Å². The van der Waals surface area contributed by atoms with Crippen molar-refractivity contribution < 1.29 is 4.39 Å². The van der Waals surface area contributed by atoms with Gasteiger partial charge in [-0.15, -0.1) is 0 Å². The van der Waals surface area contributed by atoms with Crippen LogP contribution in [0, 0.1) is 0 Å². The van der Waals surface area contributed by atoms with Crippen molar-refractivity contribution in [2.75, 3.05) is 6.67 Å². The molecule has 0 radical (unpaired) electrons. The molecule has 1 nitrogen and oxygen atoms in total. The van der Waals surface area contributed by atoms with E-state index in [0.29, 0.717) is 0 Å². The summed E-state index contributed by atoms with van der Waals surface area (Å²) >= 11 is 3.28. The number of alkyl halides is 1. The fraction of sp³-hybridized carbons (Fsp3) is 0.250. The summed E-state index contributed by atoms with van der Waals surface area (Å²) in [6.45, 7) is -0.517. The summed E-state index contributed by atoms with van der Waals surface area (Å²) < 4.78 is 13.0. The number of rotatable bonds is 2. The van der Waals surface area contributed by atoms with Crippen LogP contribution in [0.25, 0.3) is 0 Å². The van der Waals surface area contributed by atoms with E-state index in [2.05, 4.69) is 15.9 Å². The highest BCUT2D eigenvalue weighted by molar-refractivity contribution is 9.10. The van der Waals surface area contributed by atoms with Gasteiger partial charge in [0.25, 0.3) is 0 Å². The third kappa shape index (κ3) is 2.27. The molecule has 0 aliphatic carbocycles. The Kier molecular flexibility index (Phi) is 3.02. The van der Waals surface area contributed by atoms with E-state index in [1.807, 2.05) is 24.3 Å². The van der Waals surface area contributed by atoms with Gasteiger partial charge < -0.3 is 5.73 Å². The van der Waals surface area contributed by atoms with Crippen molar-refractivity contribution in [3.63, 3.8) is 0 Å². The van der Waals surface area contributed by atoms with Gasteiger partial charge in [-0.1, -0.05) is 28.1 Å². The average Bonchev–Trinajstić information content (AvgIpc) is 2.03. The second-order valence-corrected chi connectivity index (χ2v) is 3.23. The van der Waals surface area contributed by atoms with Gasteiger partial charge in [0.15, 0.2) is 0 Å². The second-order valence-electron chi connectivity index (χ2n) is 2.32. The summed E-state index contributed by atoms with van der Waals surface area (Å²) in [7, 11) is 0. The maximum atomic E-state index is 12.1. The molecular weight excluding hydrogens is 209 g/mol. The number of nitrogens with two attached hydrogens (primary N) is 1. The van der Waals surface area contributed by atoms with Crippen LogP contribution in [-0.4, -0.2) is 6.67 Å². The Morgan fingerprint density at radius 3 is 2.82 bits per heavy atom. The third-order valence-corrected chi connectivity index (χ3v) is 1.94. The van der Waals surface area contributed by atoms with Crippen molar-refractivity contribution in [2.24, 2.45) is 5.73 Å². The van der Waals surface area contributed by atoms with E-state index in [0.717, 1.165) is 10.0 Å². The molecule has 0 unspecified atom stereocenters. The Bertz CT molecular complexity index is 239. The van der Waals surface area contributed by atoms with Crippen LogP contribution in [0.1, 0.15) is 11.6 Å². The topological polar surface area (TPSA) is 26.0 Å². The van der Waals surface area contributed by atoms with Gasteiger partial charge >= 0.3 is 0 Å². The molecule has 60 valence electrons. The lowest BCUT2D eigenvalue weighted by Crippen LogP contribution is -2.11. The molecule has 2 N–H and O–H groups in total. The molecule has 0 heterocycles. The molecule has 0 fully saturated rings. The first-order chi connectivity index (χ1) is 5.24. The number of benzene rings is 1. The first kappa shape index (κ1) is 8.68. The summed E-state index contributed by atoms with van der Waals surface area (Å²) in [6.07, 6.45) is 0. The van der Waals surface area contributed by atoms with E-state index in [1.54, 1.807) is 0 Å². The molecule has 0 aliphatic rings. The van der Waals surface area contributed by atoms with Gasteiger partial charge in [0.1, 0.15) is 6.67 Å². The number of hydrogen-bond donors (Lipinski definition) is 1. The molecule has 1 aromatic rings. The van der Waals surface area contributed by atoms with E-state index in [1.165, 1.54) is 0 Å². The van der Waals surface area contributed by atoms with Crippen molar-refractivity contribution in [2.45, 2.75) is 6.04 Å². The summed E-state index contributed by atoms with van der Waals surface area (Å²) in [4.78, 5) is 0. The summed E-state index contributed by atoms with van der Waals surface area (Å²) in [5.74, 6) is 0. The minimum Gasteiger partial charge on any atom is -0.322 e. The summed E-state index contributed by atoms with van der Waals surface area (Å²) in [5.41, 5.74) is 6.29. The van der Waals surface area contributed by atoms with E-state index in [4.69, 9.17) is 5.73 Å². The summed E-state index contributed by atoms with van der Waals surface area (Å²) in [5, 5.41) is 0. The van der Waals surface area contributed by atoms with Gasteiger partial charge in [-0.05, 0) is 17.7 Å². The maximum absolute atomic E-state index is 12.1. The molecule has 0 amide bonds. The molecular formula is C8H9BrFN. The van der Waals surface area contributed by atoms with Crippen LogP contribution in [0.5, 0.6) is 0 Å². The van der Waals surface area contributed by atoms with Crippen LogP contribution in [0.15, 0.2) is 28.7 Å². The molecule has 0 saturated carbocycles. The predicted molar refractivity (Wildman–Crippen MR) is 47.0 cm³/mol. The lowest BCUT2D eigenvalue weighted by Gasteiger charge is -2.06. The van der Waals surface area contributed by atoms with Crippen LogP contribution in [-0.2, 0) is 0 Å². The smallest absolute Gasteiger partial charge is 0.109 e. The molecule has 0 bridgehead atoms. The summed E-state index contributed by atoms with van der Waals surface area (Å²) in [6, 6.07) is 6.87. The molecule has 0 spiro atoms. The Balaban J connectivity index is 2.86. The Morgan fingerprint density at radius 2 is 2.27 bits per heavy atom. The largest absolute Gasteiger partial charge is 0.322 e. The number of halogens is 2. The standard InChI is InChI=1S/C8H9BrFN/c9-7-3-1-2-6(4-7)8(11)5-10/h1-4,8H,5,11H2/t8-/m0/s1. The average molecular weight is 218 g/mol. The second kappa shape index (κ2) is 3.83. The fourth-order valence-electron chi connectivity index (χ4n) is 0.826. The fourth-order valence-corrected chi connectivity index (χ4v) is 1.24.